The summed E-state index contributed by atoms with van der Waals surface area (Å²) in [7, 11) is 0. The Morgan fingerprint density at radius 2 is 1.82 bits per heavy atom. The number of hydrogen-bond acceptors (Lipinski definition) is 5. The number of carbonyl (C=O) groups is 2. The molecule has 0 bridgehead atoms. The van der Waals surface area contributed by atoms with E-state index in [1.165, 1.54) is 6.07 Å². The number of benzene rings is 1. The molecule has 3 heterocycles. The van der Waals surface area contributed by atoms with Crippen molar-refractivity contribution in [1.82, 2.24) is 9.80 Å². The number of piperazine rings is 1. The highest BCUT2D eigenvalue weighted by atomic mass is 19.4. The lowest BCUT2D eigenvalue weighted by molar-refractivity contribution is -0.151. The van der Waals surface area contributed by atoms with Crippen LogP contribution in [-0.2, 0) is 20.5 Å². The second-order valence-corrected chi connectivity index (χ2v) is 9.13. The van der Waals surface area contributed by atoms with Crippen molar-refractivity contribution in [3.8, 4) is 0 Å². The molecule has 0 aliphatic carbocycles. The van der Waals surface area contributed by atoms with Gasteiger partial charge in [-0.05, 0) is 31.5 Å². The molecule has 1 aromatic carbocycles. The van der Waals surface area contributed by atoms with Gasteiger partial charge in [0.25, 0.3) is 5.91 Å². The van der Waals surface area contributed by atoms with Gasteiger partial charge in [0, 0.05) is 69.9 Å². The van der Waals surface area contributed by atoms with Crippen molar-refractivity contribution >= 4 is 17.6 Å². The molecule has 2 fully saturated rings. The van der Waals surface area contributed by atoms with Crippen molar-refractivity contribution in [2.75, 3.05) is 50.7 Å². The van der Waals surface area contributed by atoms with Gasteiger partial charge in [-0.15, -0.1) is 6.58 Å². The molecule has 4 rings (SSSR count). The lowest BCUT2D eigenvalue weighted by atomic mass is 9.82. The molecule has 2 saturated heterocycles. The topological polar surface area (TPSA) is 53.1 Å². The Hall–Kier alpha value is -2.81. The SMILES string of the molecule is C=CCCN1CCC2(CC1)OC(=O)C(C)=C2C(=O)N1CCN(c2cccc(C(F)(F)F)c2)CC1. The van der Waals surface area contributed by atoms with Crippen molar-refractivity contribution in [3.63, 3.8) is 0 Å². The van der Waals surface area contributed by atoms with Gasteiger partial charge in [0.1, 0.15) is 5.60 Å². The van der Waals surface area contributed by atoms with E-state index < -0.39 is 23.3 Å². The van der Waals surface area contributed by atoms with E-state index >= 15 is 0 Å². The van der Waals surface area contributed by atoms with Crippen LogP contribution in [0.15, 0.2) is 48.1 Å². The van der Waals surface area contributed by atoms with Gasteiger partial charge in [0.05, 0.1) is 11.1 Å². The van der Waals surface area contributed by atoms with Crippen LogP contribution >= 0.6 is 0 Å². The summed E-state index contributed by atoms with van der Waals surface area (Å²) >= 11 is 0. The highest BCUT2D eigenvalue weighted by Crippen LogP contribution is 2.42. The summed E-state index contributed by atoms with van der Waals surface area (Å²) in [4.78, 5) is 31.8. The molecule has 3 aliphatic rings. The van der Waals surface area contributed by atoms with E-state index in [0.29, 0.717) is 55.9 Å². The molecular weight excluding hydrogens is 447 g/mol. The van der Waals surface area contributed by atoms with Gasteiger partial charge in [-0.3, -0.25) is 4.79 Å². The summed E-state index contributed by atoms with van der Waals surface area (Å²) in [6.07, 6.45) is -0.513. The Morgan fingerprint density at radius 1 is 1.15 bits per heavy atom. The van der Waals surface area contributed by atoms with Crippen LogP contribution in [0.2, 0.25) is 0 Å². The molecule has 0 saturated carbocycles. The average molecular weight is 478 g/mol. The third kappa shape index (κ3) is 4.71. The molecule has 34 heavy (non-hydrogen) atoms. The zero-order valence-electron chi connectivity index (χ0n) is 19.4. The highest BCUT2D eigenvalue weighted by Gasteiger charge is 2.51. The van der Waals surface area contributed by atoms with Crippen LogP contribution < -0.4 is 4.90 Å². The van der Waals surface area contributed by atoms with Crippen LogP contribution in [0, 0.1) is 0 Å². The van der Waals surface area contributed by atoms with Crippen molar-refractivity contribution in [2.24, 2.45) is 0 Å². The summed E-state index contributed by atoms with van der Waals surface area (Å²) in [6, 6.07) is 5.25. The van der Waals surface area contributed by atoms with Crippen LogP contribution in [0.1, 0.15) is 31.7 Å². The summed E-state index contributed by atoms with van der Waals surface area (Å²) in [5.41, 5.74) is -0.272. The third-order valence-corrected chi connectivity index (χ3v) is 7.06. The molecule has 0 aromatic heterocycles. The van der Waals surface area contributed by atoms with Gasteiger partial charge < -0.3 is 19.4 Å². The maximum Gasteiger partial charge on any atom is 0.416 e. The molecule has 0 N–H and O–H groups in total. The first-order valence-electron chi connectivity index (χ1n) is 11.6. The highest BCUT2D eigenvalue weighted by molar-refractivity contribution is 6.07. The van der Waals surface area contributed by atoms with Crippen molar-refractivity contribution in [3.05, 3.63) is 53.6 Å². The largest absolute Gasteiger partial charge is 0.450 e. The summed E-state index contributed by atoms with van der Waals surface area (Å²) in [5, 5.41) is 0. The Labute approximate surface area is 197 Å². The second-order valence-electron chi connectivity index (χ2n) is 9.13. The maximum absolute atomic E-state index is 13.6. The normalized spacial score (nSPS) is 21.2. The number of nitrogens with zero attached hydrogens (tertiary/aromatic N) is 3. The Kier molecular flexibility index (Phi) is 6.75. The van der Waals surface area contributed by atoms with Crippen molar-refractivity contribution in [1.29, 1.82) is 0 Å². The average Bonchev–Trinajstić information content (AvgIpc) is 3.07. The van der Waals surface area contributed by atoms with Gasteiger partial charge in [0.15, 0.2) is 0 Å². The van der Waals surface area contributed by atoms with Gasteiger partial charge in [-0.2, -0.15) is 13.2 Å². The molecule has 9 heteroatoms. The molecule has 0 atom stereocenters. The van der Waals surface area contributed by atoms with E-state index in [0.717, 1.165) is 38.2 Å². The van der Waals surface area contributed by atoms with Gasteiger partial charge in [0.2, 0.25) is 0 Å². The molecule has 0 unspecified atom stereocenters. The molecular formula is C25H30F3N3O3. The summed E-state index contributed by atoms with van der Waals surface area (Å²) in [5.74, 6) is -0.642. The van der Waals surface area contributed by atoms with E-state index in [4.69, 9.17) is 4.74 Å². The third-order valence-electron chi connectivity index (χ3n) is 7.06. The summed E-state index contributed by atoms with van der Waals surface area (Å²) < 4.78 is 45.0. The van der Waals surface area contributed by atoms with E-state index in [1.807, 2.05) is 11.0 Å². The molecule has 0 radical (unpaired) electrons. The van der Waals surface area contributed by atoms with Gasteiger partial charge in [-0.1, -0.05) is 12.1 Å². The van der Waals surface area contributed by atoms with Crippen molar-refractivity contribution < 1.29 is 27.5 Å². The lowest BCUT2D eigenvalue weighted by Crippen LogP contribution is -2.53. The fourth-order valence-electron chi connectivity index (χ4n) is 5.07. The fraction of sp³-hybridized carbons (Fsp3) is 0.520. The first-order chi connectivity index (χ1) is 16.1. The number of anilines is 1. The van der Waals surface area contributed by atoms with Crippen LogP contribution in [-0.4, -0.2) is 73.1 Å². The molecule has 6 nitrogen and oxygen atoms in total. The van der Waals surface area contributed by atoms with Crippen LogP contribution in [0.25, 0.3) is 0 Å². The van der Waals surface area contributed by atoms with Crippen LogP contribution in [0.4, 0.5) is 18.9 Å². The minimum Gasteiger partial charge on any atom is -0.450 e. The monoisotopic (exact) mass is 477 g/mol. The number of alkyl halides is 3. The first kappa shape index (κ1) is 24.3. The molecule has 1 spiro atoms. The quantitative estimate of drug-likeness (QED) is 0.479. The number of carbonyl (C=O) groups excluding carboxylic acids is 2. The molecule has 3 aliphatic heterocycles. The van der Waals surface area contributed by atoms with E-state index in [1.54, 1.807) is 17.9 Å². The van der Waals surface area contributed by atoms with Gasteiger partial charge in [-0.25, -0.2) is 4.79 Å². The first-order valence-corrected chi connectivity index (χ1v) is 11.6. The van der Waals surface area contributed by atoms with Gasteiger partial charge >= 0.3 is 12.1 Å². The minimum atomic E-state index is -4.40. The Morgan fingerprint density at radius 3 is 2.44 bits per heavy atom. The number of rotatable bonds is 5. The van der Waals surface area contributed by atoms with E-state index in [9.17, 15) is 22.8 Å². The predicted molar refractivity (Wildman–Crippen MR) is 122 cm³/mol. The zero-order chi connectivity index (χ0) is 24.5. The number of hydrogen-bond donors (Lipinski definition) is 0. The van der Waals surface area contributed by atoms with Crippen LogP contribution in [0.5, 0.6) is 0 Å². The zero-order valence-corrected chi connectivity index (χ0v) is 19.4. The molecule has 1 aromatic rings. The van der Waals surface area contributed by atoms with E-state index in [-0.39, 0.29) is 5.91 Å². The number of piperidine rings is 1. The number of likely N-dealkylation sites (tertiary alicyclic amines) is 1. The number of ether oxygens (including phenoxy) is 1. The number of amides is 1. The Bertz CT molecular complexity index is 989. The molecule has 1 amide bonds. The summed E-state index contributed by atoms with van der Waals surface area (Å²) in [6.45, 7) is 9.30. The maximum atomic E-state index is 13.6. The van der Waals surface area contributed by atoms with Crippen molar-refractivity contribution in [2.45, 2.75) is 38.0 Å². The number of esters is 1. The predicted octanol–water partition coefficient (Wildman–Crippen LogP) is 3.64. The smallest absolute Gasteiger partial charge is 0.416 e. The lowest BCUT2D eigenvalue weighted by Gasteiger charge is -2.41. The second kappa shape index (κ2) is 9.44. The fourth-order valence-corrected chi connectivity index (χ4v) is 5.07. The van der Waals surface area contributed by atoms with Crippen LogP contribution in [0.3, 0.4) is 0 Å². The van der Waals surface area contributed by atoms with E-state index in [2.05, 4.69) is 11.5 Å². The Balaban J connectivity index is 1.44. The minimum absolute atomic E-state index is 0.202. The molecule has 184 valence electrons. The standard InChI is InChI=1S/C25H30F3N3O3/c1-3-4-10-29-11-8-24(9-12-29)21(18(2)23(33)34-24)22(32)31-15-13-30(14-16-31)20-7-5-6-19(17-20)25(26,27)28/h3,5-7,17H,1,4,8-16H2,2H3. The number of halogens is 3.